The summed E-state index contributed by atoms with van der Waals surface area (Å²) in [4.78, 5) is 33.4. The van der Waals surface area contributed by atoms with E-state index in [1.807, 2.05) is 15.9 Å². The summed E-state index contributed by atoms with van der Waals surface area (Å²) in [5.74, 6) is -2.05. The van der Waals surface area contributed by atoms with Crippen molar-refractivity contribution in [3.63, 3.8) is 0 Å². The van der Waals surface area contributed by atoms with Crippen molar-refractivity contribution in [1.29, 1.82) is 0 Å². The van der Waals surface area contributed by atoms with Gasteiger partial charge in [0.05, 0.1) is 11.8 Å². The first-order valence-corrected chi connectivity index (χ1v) is 15.6. The Morgan fingerprint density at radius 2 is 1.45 bits per heavy atom. The van der Waals surface area contributed by atoms with Crippen LogP contribution in [0.2, 0.25) is 0 Å². The van der Waals surface area contributed by atoms with Gasteiger partial charge in [-0.15, -0.1) is 0 Å². The molecule has 0 N–H and O–H groups in total. The number of carbonyl (C=O) groups is 2. The second-order valence-corrected chi connectivity index (χ2v) is 13.8. The molecule has 6 rings (SSSR count). The predicted octanol–water partition coefficient (Wildman–Crippen LogP) is 6.05. The fraction of sp³-hybridized carbons (Fsp3) is 0.588. The number of likely N-dealkylation sites (tertiary alicyclic amines) is 3. The molecule has 8 heteroatoms. The third-order valence-corrected chi connectivity index (χ3v) is 10.1. The Hall–Kier alpha value is -2.87. The zero-order valence-corrected chi connectivity index (χ0v) is 24.9. The molecule has 0 aromatic heterocycles. The van der Waals surface area contributed by atoms with Crippen LogP contribution >= 0.6 is 0 Å². The van der Waals surface area contributed by atoms with Crippen molar-refractivity contribution in [2.75, 3.05) is 39.3 Å². The minimum Gasteiger partial charge on any atom is -0.342 e. The van der Waals surface area contributed by atoms with Crippen molar-refractivity contribution >= 4 is 11.8 Å². The van der Waals surface area contributed by atoms with Crippen molar-refractivity contribution in [1.82, 2.24) is 14.7 Å². The van der Waals surface area contributed by atoms with Gasteiger partial charge in [-0.1, -0.05) is 12.1 Å². The van der Waals surface area contributed by atoms with Gasteiger partial charge in [-0.2, -0.15) is 0 Å². The monoisotopic (exact) mass is 581 g/mol. The molecule has 1 unspecified atom stereocenters. The van der Waals surface area contributed by atoms with Crippen LogP contribution in [0.25, 0.3) is 0 Å². The molecule has 2 aromatic rings. The standard InChI is InChI=1S/C34H42F3N3O2/c1-34(2,3)40-19-28(26-10-8-24(36)18-30(26)37)29(20-40)32(41)39-15-11-21(12-16-39)25-9-7-23(35)17-27(25)31(22-5-6-22)33(42)38-13-4-14-38/h7-10,17-18,21-22,28-29,31H,4-6,11-16,19-20H2,1-3H3/t28-,29+,31?/m0/s1. The first kappa shape index (κ1) is 29.2. The van der Waals surface area contributed by atoms with Crippen LogP contribution in [0, 0.1) is 29.3 Å². The van der Waals surface area contributed by atoms with Crippen LogP contribution < -0.4 is 0 Å². The molecule has 1 aliphatic carbocycles. The van der Waals surface area contributed by atoms with E-state index >= 15 is 0 Å². The highest BCUT2D eigenvalue weighted by molar-refractivity contribution is 5.85. The van der Waals surface area contributed by atoms with Crippen molar-refractivity contribution in [2.24, 2.45) is 11.8 Å². The second kappa shape index (κ2) is 11.3. The maximum atomic E-state index is 14.9. The molecule has 3 saturated heterocycles. The number of hydrogen-bond donors (Lipinski definition) is 0. The molecule has 3 atom stereocenters. The third-order valence-electron chi connectivity index (χ3n) is 10.1. The number of benzene rings is 2. The van der Waals surface area contributed by atoms with E-state index in [0.29, 0.717) is 31.7 Å². The van der Waals surface area contributed by atoms with E-state index < -0.39 is 17.6 Å². The summed E-state index contributed by atoms with van der Waals surface area (Å²) < 4.78 is 43.2. The lowest BCUT2D eigenvalue weighted by Crippen LogP contribution is -2.45. The summed E-state index contributed by atoms with van der Waals surface area (Å²) in [7, 11) is 0. The SMILES string of the molecule is CC(C)(C)N1C[C@@H](C(=O)N2CCC(c3ccc(F)cc3C(C(=O)N3CCC3)C3CC3)CC2)[C@H](c2ccc(F)cc2F)C1. The van der Waals surface area contributed by atoms with Gasteiger partial charge in [-0.25, -0.2) is 13.2 Å². The summed E-state index contributed by atoms with van der Waals surface area (Å²) in [5, 5.41) is 0. The normalized spacial score (nSPS) is 24.5. The summed E-state index contributed by atoms with van der Waals surface area (Å²) in [6.45, 7) is 9.99. The maximum Gasteiger partial charge on any atom is 0.230 e. The highest BCUT2D eigenvalue weighted by atomic mass is 19.1. The fourth-order valence-corrected chi connectivity index (χ4v) is 7.30. The molecule has 2 aromatic carbocycles. The average molecular weight is 582 g/mol. The minimum absolute atomic E-state index is 0.0112. The lowest BCUT2D eigenvalue weighted by Gasteiger charge is -2.37. The zero-order chi connectivity index (χ0) is 29.8. The number of rotatable bonds is 6. The van der Waals surface area contributed by atoms with Crippen LogP contribution in [0.4, 0.5) is 13.2 Å². The van der Waals surface area contributed by atoms with Crippen molar-refractivity contribution < 1.29 is 22.8 Å². The Bertz CT molecular complexity index is 1340. The Balaban J connectivity index is 1.20. The van der Waals surface area contributed by atoms with Crippen molar-refractivity contribution in [3.05, 3.63) is 70.5 Å². The first-order chi connectivity index (χ1) is 20.0. The van der Waals surface area contributed by atoms with E-state index in [1.54, 1.807) is 6.07 Å². The van der Waals surface area contributed by atoms with E-state index in [0.717, 1.165) is 62.4 Å². The van der Waals surface area contributed by atoms with Crippen molar-refractivity contribution in [2.45, 2.75) is 76.2 Å². The molecule has 42 heavy (non-hydrogen) atoms. The van der Waals surface area contributed by atoms with Gasteiger partial charge in [0.15, 0.2) is 0 Å². The van der Waals surface area contributed by atoms with Crippen LogP contribution in [-0.4, -0.2) is 71.3 Å². The van der Waals surface area contributed by atoms with Gasteiger partial charge in [-0.3, -0.25) is 14.5 Å². The Morgan fingerprint density at radius 1 is 0.810 bits per heavy atom. The van der Waals surface area contributed by atoms with E-state index in [2.05, 4.69) is 25.7 Å². The molecule has 3 aliphatic heterocycles. The Labute approximate surface area is 247 Å². The lowest BCUT2D eigenvalue weighted by molar-refractivity contribution is -0.137. The van der Waals surface area contributed by atoms with Crippen LogP contribution in [0.5, 0.6) is 0 Å². The van der Waals surface area contributed by atoms with Gasteiger partial charge in [-0.05, 0) is 99.6 Å². The molecular weight excluding hydrogens is 539 g/mol. The number of piperidine rings is 1. The largest absolute Gasteiger partial charge is 0.342 e. The van der Waals surface area contributed by atoms with Crippen LogP contribution in [0.1, 0.15) is 87.3 Å². The molecule has 2 amide bonds. The summed E-state index contributed by atoms with van der Waals surface area (Å²) in [5.41, 5.74) is 2.08. The number of amides is 2. The van der Waals surface area contributed by atoms with Gasteiger partial charge < -0.3 is 9.80 Å². The topological polar surface area (TPSA) is 43.9 Å². The van der Waals surface area contributed by atoms with Crippen molar-refractivity contribution in [3.8, 4) is 0 Å². The average Bonchev–Trinajstić information content (AvgIpc) is 3.63. The van der Waals surface area contributed by atoms with Gasteiger partial charge >= 0.3 is 0 Å². The molecule has 0 spiro atoms. The molecule has 4 fully saturated rings. The van der Waals surface area contributed by atoms with Crippen LogP contribution in [0.3, 0.4) is 0 Å². The van der Waals surface area contributed by atoms with Crippen LogP contribution in [-0.2, 0) is 9.59 Å². The van der Waals surface area contributed by atoms with Gasteiger partial charge in [0, 0.05) is 56.8 Å². The number of hydrogen-bond acceptors (Lipinski definition) is 3. The molecule has 5 nitrogen and oxygen atoms in total. The maximum absolute atomic E-state index is 14.9. The predicted molar refractivity (Wildman–Crippen MR) is 156 cm³/mol. The summed E-state index contributed by atoms with van der Waals surface area (Å²) in [6, 6.07) is 8.60. The zero-order valence-electron chi connectivity index (χ0n) is 24.9. The summed E-state index contributed by atoms with van der Waals surface area (Å²) in [6.07, 6.45) is 4.47. The van der Waals surface area contributed by atoms with Gasteiger partial charge in [0.1, 0.15) is 17.5 Å². The first-order valence-electron chi connectivity index (χ1n) is 15.6. The lowest BCUT2D eigenvalue weighted by atomic mass is 9.80. The van der Waals surface area contributed by atoms with E-state index in [9.17, 15) is 22.8 Å². The molecule has 0 radical (unpaired) electrons. The molecule has 4 aliphatic rings. The second-order valence-electron chi connectivity index (χ2n) is 13.8. The molecule has 0 bridgehead atoms. The highest BCUT2D eigenvalue weighted by Crippen LogP contribution is 2.47. The van der Waals surface area contributed by atoms with Gasteiger partial charge in [0.2, 0.25) is 11.8 Å². The minimum atomic E-state index is -0.623. The molecular formula is C34H42F3N3O2. The van der Waals surface area contributed by atoms with E-state index in [1.165, 1.54) is 18.2 Å². The molecule has 3 heterocycles. The fourth-order valence-electron chi connectivity index (χ4n) is 7.30. The number of halogens is 3. The molecule has 226 valence electrons. The molecule has 1 saturated carbocycles. The van der Waals surface area contributed by atoms with Gasteiger partial charge in [0.25, 0.3) is 0 Å². The number of nitrogens with zero attached hydrogens (tertiary/aromatic N) is 3. The highest BCUT2D eigenvalue weighted by Gasteiger charge is 2.46. The Kier molecular flexibility index (Phi) is 7.88. The quantitative estimate of drug-likeness (QED) is 0.417. The number of carbonyl (C=O) groups excluding carboxylic acids is 2. The van der Waals surface area contributed by atoms with Crippen LogP contribution in [0.15, 0.2) is 36.4 Å². The smallest absolute Gasteiger partial charge is 0.230 e. The summed E-state index contributed by atoms with van der Waals surface area (Å²) >= 11 is 0. The van der Waals surface area contributed by atoms with E-state index in [-0.39, 0.29) is 46.8 Å². The van der Waals surface area contributed by atoms with E-state index in [4.69, 9.17) is 0 Å². The third kappa shape index (κ3) is 5.71. The Morgan fingerprint density at radius 3 is 2.02 bits per heavy atom.